The number of nitrogens with zero attached hydrogens (tertiary/aromatic N) is 2. The molecule has 174 valence electrons. The molecule has 6 heteroatoms. The third-order valence-corrected chi connectivity index (χ3v) is 7.70. The maximum Gasteiger partial charge on any atom is 0.414 e. The first-order chi connectivity index (χ1) is 16.0. The number of amides is 1. The van der Waals surface area contributed by atoms with Crippen LogP contribution < -0.4 is 4.90 Å². The molecule has 1 amide bonds. The van der Waals surface area contributed by atoms with Gasteiger partial charge in [0.15, 0.2) is 0 Å². The lowest BCUT2D eigenvalue weighted by molar-refractivity contribution is -0.137. The van der Waals surface area contributed by atoms with Crippen LogP contribution >= 0.6 is 0 Å². The van der Waals surface area contributed by atoms with E-state index >= 15 is 0 Å². The van der Waals surface area contributed by atoms with Crippen LogP contribution in [0.5, 0.6) is 0 Å². The number of fused-ring (bicyclic) bond motifs is 2. The third kappa shape index (κ3) is 4.12. The van der Waals surface area contributed by atoms with Gasteiger partial charge in [0, 0.05) is 30.0 Å². The molecule has 1 N–H and O–H groups in total. The number of carboxylic acids is 1. The van der Waals surface area contributed by atoms with Crippen LogP contribution in [0, 0.1) is 5.41 Å². The van der Waals surface area contributed by atoms with E-state index in [1.165, 1.54) is 0 Å². The second kappa shape index (κ2) is 8.82. The minimum atomic E-state index is -0.741. The lowest BCUT2D eigenvalue weighted by Crippen LogP contribution is -2.64. The lowest BCUT2D eigenvalue weighted by atomic mass is 9.56. The van der Waals surface area contributed by atoms with E-state index in [-0.39, 0.29) is 36.6 Å². The van der Waals surface area contributed by atoms with Crippen molar-refractivity contribution in [2.45, 2.75) is 70.2 Å². The first kappa shape index (κ1) is 22.0. The number of carbonyl (C=O) groups is 2. The number of hydrogen-bond acceptors (Lipinski definition) is 4. The molecule has 0 radical (unpaired) electrons. The zero-order valence-corrected chi connectivity index (χ0v) is 19.2. The Morgan fingerprint density at radius 2 is 1.82 bits per heavy atom. The van der Waals surface area contributed by atoms with Gasteiger partial charge >= 0.3 is 12.1 Å². The summed E-state index contributed by atoms with van der Waals surface area (Å²) in [6.45, 7) is 3.33. The van der Waals surface area contributed by atoms with E-state index in [1.54, 1.807) is 0 Å². The summed E-state index contributed by atoms with van der Waals surface area (Å²) in [4.78, 5) is 28.9. The monoisotopic (exact) mass is 448 g/mol. The number of anilines is 1. The van der Waals surface area contributed by atoms with Gasteiger partial charge in [0.1, 0.15) is 6.61 Å². The first-order valence-electron chi connectivity index (χ1n) is 12.1. The number of carbonyl (C=O) groups excluding carboxylic acids is 1. The summed E-state index contributed by atoms with van der Waals surface area (Å²) in [6.07, 6.45) is 4.87. The van der Waals surface area contributed by atoms with Crippen LogP contribution in [0.25, 0.3) is 0 Å². The van der Waals surface area contributed by atoms with E-state index < -0.39 is 5.97 Å². The third-order valence-electron chi connectivity index (χ3n) is 7.70. The molecule has 5 rings (SSSR count). The molecule has 1 aliphatic heterocycles. The van der Waals surface area contributed by atoms with Gasteiger partial charge in [-0.2, -0.15) is 0 Å². The summed E-state index contributed by atoms with van der Waals surface area (Å²) < 4.78 is 5.78. The first-order valence-corrected chi connectivity index (χ1v) is 12.1. The number of aliphatic carboxylic acids is 1. The predicted molar refractivity (Wildman–Crippen MR) is 126 cm³/mol. The molecule has 0 bridgehead atoms. The standard InChI is InChI=1S/C27H32N2O4/c1-27-16-15-23(27)29(26(32)33-18-19-8-3-2-4-9-19)22-11-6-5-10-21(22)25(27)28(20-13-14-20)17-7-12-24(30)31/h2-6,8-11,20,23,25H,7,12-18H2,1H3,(H,30,31)/t23-,25+,27+/m1/s1. The Kier molecular flexibility index (Phi) is 5.87. The number of ether oxygens (including phenoxy) is 1. The maximum absolute atomic E-state index is 13.4. The quantitative estimate of drug-likeness (QED) is 0.587. The van der Waals surface area contributed by atoms with Crippen LogP contribution in [0.15, 0.2) is 54.6 Å². The van der Waals surface area contributed by atoms with Crippen molar-refractivity contribution >= 4 is 17.7 Å². The molecule has 0 saturated heterocycles. The smallest absolute Gasteiger partial charge is 0.414 e. The van der Waals surface area contributed by atoms with Crippen molar-refractivity contribution in [3.63, 3.8) is 0 Å². The van der Waals surface area contributed by atoms with E-state index in [0.717, 1.165) is 49.0 Å². The summed E-state index contributed by atoms with van der Waals surface area (Å²) in [5.41, 5.74) is 3.00. The van der Waals surface area contributed by atoms with Gasteiger partial charge in [-0.25, -0.2) is 4.79 Å². The minimum Gasteiger partial charge on any atom is -0.481 e. The SMILES string of the molecule is C[C@]12CC[C@H]1N(C(=O)OCc1ccccc1)c1ccccc1[C@@H]2N(CCCC(=O)O)C1CC1. The maximum atomic E-state index is 13.4. The van der Waals surface area contributed by atoms with Gasteiger partial charge in [-0.15, -0.1) is 0 Å². The second-order valence-electron chi connectivity index (χ2n) is 9.90. The largest absolute Gasteiger partial charge is 0.481 e. The molecule has 0 unspecified atom stereocenters. The number of carboxylic acid groups (broad SMARTS) is 1. The lowest BCUT2D eigenvalue weighted by Gasteiger charge is -2.61. The Balaban J connectivity index is 1.43. The van der Waals surface area contributed by atoms with E-state index in [1.807, 2.05) is 53.4 Å². The number of hydrogen-bond donors (Lipinski definition) is 1. The average Bonchev–Trinajstić information content (AvgIpc) is 3.65. The fourth-order valence-corrected chi connectivity index (χ4v) is 5.85. The van der Waals surface area contributed by atoms with Gasteiger partial charge in [0.25, 0.3) is 0 Å². The summed E-state index contributed by atoms with van der Waals surface area (Å²) >= 11 is 0. The second-order valence-corrected chi connectivity index (χ2v) is 9.90. The Morgan fingerprint density at radius 3 is 2.48 bits per heavy atom. The zero-order chi connectivity index (χ0) is 23.0. The van der Waals surface area contributed by atoms with Gasteiger partial charge in [-0.1, -0.05) is 55.5 Å². The molecule has 2 aliphatic carbocycles. The molecule has 3 atom stereocenters. The van der Waals surface area contributed by atoms with Gasteiger partial charge in [-0.3, -0.25) is 14.6 Å². The fraction of sp³-hybridized carbons (Fsp3) is 0.481. The van der Waals surface area contributed by atoms with E-state index in [9.17, 15) is 9.59 Å². The molecular weight excluding hydrogens is 416 g/mol. The number of para-hydroxylation sites is 1. The number of benzene rings is 2. The molecular formula is C27H32N2O4. The topological polar surface area (TPSA) is 70.1 Å². The van der Waals surface area contributed by atoms with Gasteiger partial charge in [-0.05, 0) is 55.8 Å². The van der Waals surface area contributed by atoms with Crippen LogP contribution in [0.4, 0.5) is 10.5 Å². The predicted octanol–water partition coefficient (Wildman–Crippen LogP) is 5.38. The highest BCUT2D eigenvalue weighted by molar-refractivity contribution is 5.91. The van der Waals surface area contributed by atoms with Gasteiger partial charge < -0.3 is 9.84 Å². The highest BCUT2D eigenvalue weighted by atomic mass is 16.6. The van der Waals surface area contributed by atoms with Crippen LogP contribution in [0.1, 0.15) is 62.6 Å². The van der Waals surface area contributed by atoms with E-state index in [4.69, 9.17) is 9.84 Å². The molecule has 2 aromatic rings. The van der Waals surface area contributed by atoms with Crippen LogP contribution in [-0.2, 0) is 16.1 Å². The van der Waals surface area contributed by atoms with Crippen molar-refractivity contribution in [3.05, 3.63) is 65.7 Å². The van der Waals surface area contributed by atoms with Crippen molar-refractivity contribution in [1.29, 1.82) is 0 Å². The molecule has 33 heavy (non-hydrogen) atoms. The molecule has 1 heterocycles. The minimum absolute atomic E-state index is 0.0774. The molecule has 3 aliphatic rings. The normalized spacial score (nSPS) is 25.7. The highest BCUT2D eigenvalue weighted by Crippen LogP contribution is 2.61. The Hall–Kier alpha value is -2.86. The van der Waals surface area contributed by atoms with Crippen LogP contribution in [0.3, 0.4) is 0 Å². The summed E-state index contributed by atoms with van der Waals surface area (Å²) in [7, 11) is 0. The molecule has 0 spiro atoms. The van der Waals surface area contributed by atoms with Crippen molar-refractivity contribution in [1.82, 2.24) is 4.90 Å². The summed E-state index contributed by atoms with van der Waals surface area (Å²) in [5.74, 6) is -0.741. The number of rotatable bonds is 8. The molecule has 2 aromatic carbocycles. The molecule has 2 fully saturated rings. The van der Waals surface area contributed by atoms with Crippen molar-refractivity contribution in [2.24, 2.45) is 5.41 Å². The average molecular weight is 449 g/mol. The van der Waals surface area contributed by atoms with Gasteiger partial charge in [0.2, 0.25) is 0 Å². The van der Waals surface area contributed by atoms with E-state index in [0.29, 0.717) is 12.5 Å². The zero-order valence-electron chi connectivity index (χ0n) is 19.2. The summed E-state index contributed by atoms with van der Waals surface area (Å²) in [6, 6.07) is 18.8. The van der Waals surface area contributed by atoms with Crippen LogP contribution in [-0.4, -0.2) is 40.7 Å². The Bertz CT molecular complexity index is 1020. The van der Waals surface area contributed by atoms with Crippen LogP contribution in [0.2, 0.25) is 0 Å². The van der Waals surface area contributed by atoms with Crippen molar-refractivity contribution < 1.29 is 19.4 Å². The molecule has 2 saturated carbocycles. The van der Waals surface area contributed by atoms with Crippen molar-refractivity contribution in [2.75, 3.05) is 11.4 Å². The molecule has 6 nitrogen and oxygen atoms in total. The Morgan fingerprint density at radius 1 is 1.09 bits per heavy atom. The Labute approximate surface area is 195 Å². The van der Waals surface area contributed by atoms with Gasteiger partial charge in [0.05, 0.1) is 5.69 Å². The fourth-order valence-electron chi connectivity index (χ4n) is 5.85. The summed E-state index contributed by atoms with van der Waals surface area (Å²) in [5, 5.41) is 9.16. The highest BCUT2D eigenvalue weighted by Gasteiger charge is 2.59. The van der Waals surface area contributed by atoms with E-state index in [2.05, 4.69) is 17.9 Å². The van der Waals surface area contributed by atoms with Crippen molar-refractivity contribution in [3.8, 4) is 0 Å². The molecule has 0 aromatic heterocycles.